The lowest BCUT2D eigenvalue weighted by Gasteiger charge is -2.28. The summed E-state index contributed by atoms with van der Waals surface area (Å²) in [7, 11) is -0.335. The molecule has 4 nitrogen and oxygen atoms in total. The number of aliphatic hydroxyl groups is 1. The van der Waals surface area contributed by atoms with Crippen LogP contribution in [0, 0.1) is 5.92 Å². The SMILES string of the molecule is CCCCOP(=O)(CC1CCCCC1)C[C@H](O)CNP. The Kier molecular flexibility index (Phi) is 9.57. The van der Waals surface area contributed by atoms with E-state index >= 15 is 0 Å². The lowest BCUT2D eigenvalue weighted by molar-refractivity contribution is 0.193. The monoisotopic (exact) mass is 323 g/mol. The molecular weight excluding hydrogens is 292 g/mol. The summed E-state index contributed by atoms with van der Waals surface area (Å²) in [5, 5.41) is 12.8. The second kappa shape index (κ2) is 10.3. The van der Waals surface area contributed by atoms with Crippen LogP contribution in [0.2, 0.25) is 0 Å². The summed E-state index contributed by atoms with van der Waals surface area (Å²) in [4.78, 5) is 0. The molecule has 1 saturated carbocycles. The van der Waals surface area contributed by atoms with Crippen molar-refractivity contribution in [2.75, 3.05) is 25.5 Å². The lowest BCUT2D eigenvalue weighted by Crippen LogP contribution is -2.26. The molecule has 0 aromatic carbocycles. The first-order chi connectivity index (χ1) is 9.59. The van der Waals surface area contributed by atoms with Crippen molar-refractivity contribution in [3.63, 3.8) is 0 Å². The van der Waals surface area contributed by atoms with Crippen LogP contribution in [0.15, 0.2) is 0 Å². The van der Waals surface area contributed by atoms with Crippen LogP contribution in [0.1, 0.15) is 51.9 Å². The smallest absolute Gasteiger partial charge is 0.206 e. The molecule has 0 saturated heterocycles. The Morgan fingerprint density at radius 1 is 1.40 bits per heavy atom. The van der Waals surface area contributed by atoms with Crippen LogP contribution in [0.5, 0.6) is 0 Å². The highest BCUT2D eigenvalue weighted by Gasteiger charge is 2.30. The number of unbranched alkanes of at least 4 members (excludes halogenated alkanes) is 1. The molecule has 6 heteroatoms. The first kappa shape index (κ1) is 18.6. The third-order valence-electron chi connectivity index (χ3n) is 3.93. The van der Waals surface area contributed by atoms with Gasteiger partial charge in [-0.3, -0.25) is 9.65 Å². The maximum Gasteiger partial charge on any atom is 0.206 e. The highest BCUT2D eigenvalue weighted by molar-refractivity contribution is 7.59. The van der Waals surface area contributed by atoms with Crippen LogP contribution in [0.4, 0.5) is 0 Å². The van der Waals surface area contributed by atoms with Crippen molar-refractivity contribution in [3.8, 4) is 0 Å². The van der Waals surface area contributed by atoms with Crippen molar-refractivity contribution in [2.45, 2.75) is 58.0 Å². The van der Waals surface area contributed by atoms with Crippen LogP contribution in [-0.2, 0) is 9.09 Å². The number of rotatable bonds is 10. The largest absolute Gasteiger partial charge is 0.391 e. The van der Waals surface area contributed by atoms with Crippen LogP contribution in [0.25, 0.3) is 0 Å². The Morgan fingerprint density at radius 2 is 2.10 bits per heavy atom. The Bertz CT molecular complexity index is 296. The third-order valence-corrected chi connectivity index (χ3v) is 6.87. The van der Waals surface area contributed by atoms with Gasteiger partial charge >= 0.3 is 0 Å². The molecular formula is C14H31NO3P2. The minimum absolute atomic E-state index is 0.286. The molecule has 1 aliphatic rings. The van der Waals surface area contributed by atoms with Crippen LogP contribution in [-0.4, -0.2) is 36.7 Å². The molecule has 0 aromatic rings. The van der Waals surface area contributed by atoms with Gasteiger partial charge in [0.2, 0.25) is 7.37 Å². The molecule has 0 heterocycles. The fourth-order valence-electron chi connectivity index (χ4n) is 2.84. The molecule has 1 rings (SSSR count). The number of hydrogen-bond donors (Lipinski definition) is 2. The van der Waals surface area contributed by atoms with Gasteiger partial charge in [-0.25, -0.2) is 0 Å². The van der Waals surface area contributed by atoms with Crippen molar-refractivity contribution < 1.29 is 14.2 Å². The molecule has 3 atom stereocenters. The molecule has 0 aromatic heterocycles. The van der Waals surface area contributed by atoms with E-state index in [2.05, 4.69) is 21.4 Å². The molecule has 0 bridgehead atoms. The lowest BCUT2D eigenvalue weighted by atomic mass is 9.91. The van der Waals surface area contributed by atoms with Gasteiger partial charge in [-0.2, -0.15) is 0 Å². The summed E-state index contributed by atoms with van der Waals surface area (Å²) < 4.78 is 18.8. The number of hydrogen-bond acceptors (Lipinski definition) is 4. The quantitative estimate of drug-likeness (QED) is 0.478. The highest BCUT2D eigenvalue weighted by atomic mass is 31.2. The third kappa shape index (κ3) is 7.52. The number of aliphatic hydroxyl groups excluding tert-OH is 1. The number of nitrogens with one attached hydrogen (secondary N) is 1. The molecule has 20 heavy (non-hydrogen) atoms. The Balaban J connectivity index is 2.53. The molecule has 120 valence electrons. The van der Waals surface area contributed by atoms with E-state index in [-0.39, 0.29) is 6.16 Å². The molecule has 2 unspecified atom stereocenters. The van der Waals surface area contributed by atoms with Crippen molar-refractivity contribution in [1.29, 1.82) is 0 Å². The molecule has 0 radical (unpaired) electrons. The fourth-order valence-corrected chi connectivity index (χ4v) is 5.86. The van der Waals surface area contributed by atoms with Crippen molar-refractivity contribution in [3.05, 3.63) is 0 Å². The zero-order chi connectivity index (χ0) is 14.8. The molecule has 1 aliphatic carbocycles. The zero-order valence-electron chi connectivity index (χ0n) is 12.7. The van der Waals surface area contributed by atoms with Gasteiger partial charge in [0.25, 0.3) is 0 Å². The predicted octanol–water partition coefficient (Wildman–Crippen LogP) is 3.40. The van der Waals surface area contributed by atoms with Crippen molar-refractivity contribution in [2.24, 2.45) is 5.92 Å². The Hall–Kier alpha value is 0.540. The van der Waals surface area contributed by atoms with E-state index in [1.165, 1.54) is 32.1 Å². The Morgan fingerprint density at radius 3 is 2.70 bits per heavy atom. The van der Waals surface area contributed by atoms with Gasteiger partial charge in [-0.1, -0.05) is 42.0 Å². The van der Waals surface area contributed by atoms with E-state index in [4.69, 9.17) is 4.52 Å². The second-order valence-corrected chi connectivity index (χ2v) is 8.96. The topological polar surface area (TPSA) is 58.6 Å². The maximum absolute atomic E-state index is 13.0. The van der Waals surface area contributed by atoms with E-state index in [9.17, 15) is 9.67 Å². The minimum Gasteiger partial charge on any atom is -0.391 e. The summed E-state index contributed by atoms with van der Waals surface area (Å²) in [6, 6.07) is 0. The standard InChI is InChI=1S/C14H31NO3P2/c1-2-3-9-18-20(17,12-14(16)10-15-19)11-13-7-5-4-6-8-13/h13-16H,2-12,19H2,1H3/t14-,20?/m1/s1. The van der Waals surface area contributed by atoms with E-state index in [0.717, 1.165) is 12.8 Å². The summed E-state index contributed by atoms with van der Waals surface area (Å²) in [6.45, 7) is 3.10. The van der Waals surface area contributed by atoms with Crippen LogP contribution >= 0.6 is 16.8 Å². The van der Waals surface area contributed by atoms with E-state index < -0.39 is 13.5 Å². The Labute approximate surface area is 126 Å². The van der Waals surface area contributed by atoms with Gasteiger partial charge in [0, 0.05) is 12.7 Å². The predicted molar refractivity (Wildman–Crippen MR) is 88.5 cm³/mol. The first-order valence-electron chi connectivity index (χ1n) is 7.94. The van der Waals surface area contributed by atoms with Crippen LogP contribution < -0.4 is 5.09 Å². The fraction of sp³-hybridized carbons (Fsp3) is 1.00. The van der Waals surface area contributed by atoms with Crippen molar-refractivity contribution in [1.82, 2.24) is 5.09 Å². The molecule has 2 N–H and O–H groups in total. The maximum atomic E-state index is 13.0. The van der Waals surface area contributed by atoms with Crippen LogP contribution in [0.3, 0.4) is 0 Å². The van der Waals surface area contributed by atoms with E-state index in [0.29, 0.717) is 25.2 Å². The minimum atomic E-state index is -2.70. The van der Waals surface area contributed by atoms with Crippen molar-refractivity contribution >= 4 is 16.8 Å². The molecule has 1 fully saturated rings. The van der Waals surface area contributed by atoms with E-state index in [1.54, 1.807) is 0 Å². The van der Waals surface area contributed by atoms with Gasteiger partial charge < -0.3 is 9.63 Å². The second-order valence-electron chi connectivity index (χ2n) is 5.93. The average Bonchev–Trinajstić information content (AvgIpc) is 2.40. The average molecular weight is 323 g/mol. The van der Waals surface area contributed by atoms with Gasteiger partial charge in [0.15, 0.2) is 0 Å². The zero-order valence-corrected chi connectivity index (χ0v) is 14.8. The summed E-state index contributed by atoms with van der Waals surface area (Å²) >= 11 is 0. The summed E-state index contributed by atoms with van der Waals surface area (Å²) in [6.07, 6.45) is 8.45. The first-order valence-corrected chi connectivity index (χ1v) is 10.5. The van der Waals surface area contributed by atoms with Gasteiger partial charge in [-0.15, -0.1) is 0 Å². The highest BCUT2D eigenvalue weighted by Crippen LogP contribution is 2.51. The van der Waals surface area contributed by atoms with Gasteiger partial charge in [-0.05, 0) is 25.2 Å². The molecule has 0 amide bonds. The normalized spacial score (nSPS) is 21.6. The summed E-state index contributed by atoms with van der Waals surface area (Å²) in [5.41, 5.74) is 0. The van der Waals surface area contributed by atoms with Gasteiger partial charge in [0.1, 0.15) is 0 Å². The summed E-state index contributed by atoms with van der Waals surface area (Å²) in [5.74, 6) is 0.521. The molecule has 0 aliphatic heterocycles. The van der Waals surface area contributed by atoms with E-state index in [1.807, 2.05) is 0 Å². The van der Waals surface area contributed by atoms with Gasteiger partial charge in [0.05, 0.1) is 18.9 Å². The molecule has 0 spiro atoms.